The topological polar surface area (TPSA) is 87.3 Å². The molecule has 0 atom stereocenters. The third kappa shape index (κ3) is 11.5. The van der Waals surface area contributed by atoms with Gasteiger partial charge in [0.2, 0.25) is 17.7 Å². The average Bonchev–Trinajstić information content (AvgIpc) is 3.01. The van der Waals surface area contributed by atoms with Gasteiger partial charge in [-0.1, -0.05) is 76.4 Å². The molecule has 3 aromatic carbocycles. The normalized spacial score (nSPS) is 11.0. The number of carbonyl (C=O) groups excluding carboxylic acids is 3. The van der Waals surface area contributed by atoms with E-state index in [0.29, 0.717) is 5.69 Å². The second-order valence-electron chi connectivity index (χ2n) is 12.4. The van der Waals surface area contributed by atoms with Gasteiger partial charge in [-0.15, -0.1) is 0 Å². The molecular weight excluding hydrogens is 558 g/mol. The zero-order valence-corrected chi connectivity index (χ0v) is 28.3. The molecule has 0 fully saturated rings. The molecule has 0 spiro atoms. The number of unbranched alkanes of at least 4 members (excludes halogenated alkanes) is 3. The van der Waals surface area contributed by atoms with E-state index in [1.807, 2.05) is 57.2 Å². The Kier molecular flexibility index (Phi) is 14.3. The van der Waals surface area contributed by atoms with Gasteiger partial charge in [-0.2, -0.15) is 0 Å². The van der Waals surface area contributed by atoms with Crippen molar-refractivity contribution in [1.29, 1.82) is 0 Å². The van der Waals surface area contributed by atoms with E-state index in [2.05, 4.69) is 54.9 Å². The van der Waals surface area contributed by atoms with Crippen molar-refractivity contribution in [3.05, 3.63) is 88.0 Å². The summed E-state index contributed by atoms with van der Waals surface area (Å²) in [5.74, 6) is -1.79. The van der Waals surface area contributed by atoms with Crippen LogP contribution in [0.3, 0.4) is 0 Å². The Morgan fingerprint density at radius 1 is 0.533 bits per heavy atom. The molecule has 0 saturated carbocycles. The molecule has 242 valence electrons. The van der Waals surface area contributed by atoms with Gasteiger partial charge >= 0.3 is 0 Å². The molecule has 6 heteroatoms. The number of aryl methyl sites for hydroxylation is 6. The Morgan fingerprint density at radius 2 is 0.867 bits per heavy atom. The van der Waals surface area contributed by atoms with E-state index >= 15 is 0 Å². The van der Waals surface area contributed by atoms with E-state index in [-0.39, 0.29) is 30.6 Å². The first-order chi connectivity index (χ1) is 21.6. The van der Waals surface area contributed by atoms with E-state index in [1.165, 1.54) is 16.7 Å². The second-order valence-corrected chi connectivity index (χ2v) is 12.4. The summed E-state index contributed by atoms with van der Waals surface area (Å²) in [7, 11) is 0. The molecule has 3 aromatic rings. The molecule has 3 rings (SSSR count). The first kappa shape index (κ1) is 35.5. The standard InChI is InChI=1S/C39H53N3O3/c1-7-10-13-30-16-19-34(27(4)22-30)40-37(43)25-33(39(45)42-36-21-18-32(15-12-9-3)24-29(36)6)26-38(44)41-35-20-17-31(14-11-8-2)23-28(35)5/h16-24,33H,7-15,25-26H2,1-6H3,(H,40,43)(H,41,44)(H,42,45). The first-order valence-electron chi connectivity index (χ1n) is 16.8. The Labute approximate surface area is 270 Å². The summed E-state index contributed by atoms with van der Waals surface area (Å²) in [5, 5.41) is 8.98. The van der Waals surface area contributed by atoms with E-state index in [0.717, 1.165) is 85.9 Å². The minimum Gasteiger partial charge on any atom is -0.326 e. The van der Waals surface area contributed by atoms with Gasteiger partial charge in [-0.25, -0.2) is 0 Å². The highest BCUT2D eigenvalue weighted by molar-refractivity contribution is 6.02. The summed E-state index contributed by atoms with van der Waals surface area (Å²) >= 11 is 0. The Bertz CT molecular complexity index is 1370. The van der Waals surface area contributed by atoms with Crippen LogP contribution in [0.1, 0.15) is 106 Å². The zero-order chi connectivity index (χ0) is 32.8. The fourth-order valence-electron chi connectivity index (χ4n) is 5.55. The van der Waals surface area contributed by atoms with E-state index < -0.39 is 5.92 Å². The van der Waals surface area contributed by atoms with Gasteiger partial charge in [-0.05, 0) is 111 Å². The maximum atomic E-state index is 13.7. The number of anilines is 3. The van der Waals surface area contributed by atoms with Crippen LogP contribution in [0.15, 0.2) is 54.6 Å². The molecule has 0 heterocycles. The minimum absolute atomic E-state index is 0.112. The van der Waals surface area contributed by atoms with Crippen molar-refractivity contribution in [3.8, 4) is 0 Å². The molecular formula is C39H53N3O3. The summed E-state index contributed by atoms with van der Waals surface area (Å²) in [6.07, 6.45) is 9.49. The van der Waals surface area contributed by atoms with Crippen LogP contribution in [0.5, 0.6) is 0 Å². The van der Waals surface area contributed by atoms with Gasteiger partial charge < -0.3 is 16.0 Å². The molecule has 0 aliphatic rings. The van der Waals surface area contributed by atoms with Gasteiger partial charge in [0.05, 0.1) is 5.92 Å². The number of amides is 3. The number of hydrogen-bond acceptors (Lipinski definition) is 3. The van der Waals surface area contributed by atoms with Crippen LogP contribution in [-0.2, 0) is 33.6 Å². The average molecular weight is 612 g/mol. The van der Waals surface area contributed by atoms with Gasteiger partial charge in [-0.3, -0.25) is 14.4 Å². The fourth-order valence-corrected chi connectivity index (χ4v) is 5.55. The third-order valence-electron chi connectivity index (χ3n) is 8.37. The monoisotopic (exact) mass is 611 g/mol. The summed E-state index contributed by atoms with van der Waals surface area (Å²) in [6, 6.07) is 18.2. The van der Waals surface area contributed by atoms with Crippen molar-refractivity contribution in [2.75, 3.05) is 16.0 Å². The lowest BCUT2D eigenvalue weighted by molar-refractivity contribution is -0.127. The summed E-state index contributed by atoms with van der Waals surface area (Å²) in [5.41, 5.74) is 8.78. The minimum atomic E-state index is -0.850. The van der Waals surface area contributed by atoms with Gasteiger partial charge in [0.15, 0.2) is 0 Å². The molecule has 0 bridgehead atoms. The summed E-state index contributed by atoms with van der Waals surface area (Å²) < 4.78 is 0. The second kappa shape index (κ2) is 18.1. The van der Waals surface area contributed by atoms with Crippen LogP contribution >= 0.6 is 0 Å². The highest BCUT2D eigenvalue weighted by atomic mass is 16.2. The molecule has 0 aliphatic carbocycles. The predicted molar refractivity (Wildman–Crippen MR) is 188 cm³/mol. The van der Waals surface area contributed by atoms with Crippen molar-refractivity contribution in [3.63, 3.8) is 0 Å². The number of carbonyl (C=O) groups is 3. The number of hydrogen-bond donors (Lipinski definition) is 3. The van der Waals surface area contributed by atoms with Crippen molar-refractivity contribution in [2.24, 2.45) is 5.92 Å². The van der Waals surface area contributed by atoms with Crippen molar-refractivity contribution >= 4 is 34.8 Å². The van der Waals surface area contributed by atoms with Crippen molar-refractivity contribution < 1.29 is 14.4 Å². The molecule has 0 unspecified atom stereocenters. The number of benzene rings is 3. The van der Waals surface area contributed by atoms with Crippen LogP contribution in [0, 0.1) is 26.7 Å². The number of rotatable bonds is 17. The zero-order valence-electron chi connectivity index (χ0n) is 28.3. The maximum absolute atomic E-state index is 13.7. The van der Waals surface area contributed by atoms with E-state index in [9.17, 15) is 14.4 Å². The number of nitrogens with one attached hydrogen (secondary N) is 3. The van der Waals surface area contributed by atoms with Crippen LogP contribution < -0.4 is 16.0 Å². The maximum Gasteiger partial charge on any atom is 0.228 e. The third-order valence-corrected chi connectivity index (χ3v) is 8.37. The van der Waals surface area contributed by atoms with E-state index in [4.69, 9.17) is 0 Å². The first-order valence-corrected chi connectivity index (χ1v) is 16.8. The van der Waals surface area contributed by atoms with Crippen molar-refractivity contribution in [2.45, 2.75) is 112 Å². The molecule has 0 saturated heterocycles. The SMILES string of the molecule is CCCCc1ccc(NC(=O)CC(CC(=O)Nc2ccc(CCCC)cc2C)C(=O)Nc2ccc(CCCC)cc2C)c(C)c1. The van der Waals surface area contributed by atoms with Gasteiger partial charge in [0.25, 0.3) is 0 Å². The molecule has 3 amide bonds. The van der Waals surface area contributed by atoms with Crippen LogP contribution in [-0.4, -0.2) is 17.7 Å². The Hall–Kier alpha value is -3.93. The highest BCUT2D eigenvalue weighted by Gasteiger charge is 2.26. The Balaban J connectivity index is 1.75. The summed E-state index contributed by atoms with van der Waals surface area (Å²) in [4.78, 5) is 40.2. The van der Waals surface area contributed by atoms with Crippen LogP contribution in [0.4, 0.5) is 17.1 Å². The van der Waals surface area contributed by atoms with Gasteiger partial charge in [0.1, 0.15) is 0 Å². The van der Waals surface area contributed by atoms with E-state index in [1.54, 1.807) is 0 Å². The predicted octanol–water partition coefficient (Wildman–Crippen LogP) is 9.25. The molecule has 3 N–H and O–H groups in total. The fraction of sp³-hybridized carbons (Fsp3) is 0.462. The largest absolute Gasteiger partial charge is 0.326 e. The lowest BCUT2D eigenvalue weighted by Crippen LogP contribution is -2.31. The van der Waals surface area contributed by atoms with Gasteiger partial charge in [0, 0.05) is 29.9 Å². The quantitative estimate of drug-likeness (QED) is 0.142. The summed E-state index contributed by atoms with van der Waals surface area (Å²) in [6.45, 7) is 12.4. The van der Waals surface area contributed by atoms with Crippen molar-refractivity contribution in [1.82, 2.24) is 0 Å². The molecule has 0 aliphatic heterocycles. The van der Waals surface area contributed by atoms with Crippen LogP contribution in [0.2, 0.25) is 0 Å². The highest BCUT2D eigenvalue weighted by Crippen LogP contribution is 2.24. The smallest absolute Gasteiger partial charge is 0.228 e. The molecule has 0 aromatic heterocycles. The lowest BCUT2D eigenvalue weighted by atomic mass is 9.97. The molecule has 6 nitrogen and oxygen atoms in total. The molecule has 45 heavy (non-hydrogen) atoms. The lowest BCUT2D eigenvalue weighted by Gasteiger charge is -2.19. The Morgan fingerprint density at radius 3 is 1.18 bits per heavy atom. The van der Waals surface area contributed by atoms with Crippen LogP contribution in [0.25, 0.3) is 0 Å². The molecule has 0 radical (unpaired) electrons.